The molecule has 0 fully saturated rings. The molecule has 4 N–H and O–H groups in total. The molecule has 0 saturated carbocycles. The molecule has 0 saturated heterocycles. The molecule has 0 amide bonds. The second-order valence-corrected chi connectivity index (χ2v) is 5.45. The van der Waals surface area contributed by atoms with Crippen LogP contribution in [0.4, 0.5) is 11.6 Å². The van der Waals surface area contributed by atoms with Crippen LogP contribution in [-0.4, -0.2) is 41.0 Å². The van der Waals surface area contributed by atoms with Crippen LogP contribution in [0.1, 0.15) is 38.1 Å². The standard InChI is InChI=1S/C14H28N6/c1-10(2)20(5)9-7-6-8-16-13-11(3)14(19-15)18-12(4)17-13/h10H,6-9,15H2,1-5H3,(H2,16,17,18,19). The minimum atomic E-state index is 0.605. The Bertz CT molecular complexity index is 418. The van der Waals surface area contributed by atoms with Crippen LogP contribution in [0.5, 0.6) is 0 Å². The largest absolute Gasteiger partial charge is 0.370 e. The zero-order valence-corrected chi connectivity index (χ0v) is 13.3. The summed E-state index contributed by atoms with van der Waals surface area (Å²) in [4.78, 5) is 11.0. The number of nitrogens with zero attached hydrogens (tertiary/aromatic N) is 3. The van der Waals surface area contributed by atoms with Crippen molar-refractivity contribution >= 4 is 11.6 Å². The number of aryl methyl sites for hydroxylation is 1. The van der Waals surface area contributed by atoms with E-state index >= 15 is 0 Å². The minimum Gasteiger partial charge on any atom is -0.370 e. The molecule has 0 bridgehead atoms. The SMILES string of the molecule is Cc1nc(NN)c(C)c(NCCCCN(C)C(C)C)n1. The van der Waals surface area contributed by atoms with Crippen molar-refractivity contribution < 1.29 is 0 Å². The second-order valence-electron chi connectivity index (χ2n) is 5.45. The van der Waals surface area contributed by atoms with Crippen LogP contribution in [0.25, 0.3) is 0 Å². The highest BCUT2D eigenvalue weighted by atomic mass is 15.3. The number of nitrogens with two attached hydrogens (primary N) is 1. The van der Waals surface area contributed by atoms with Gasteiger partial charge >= 0.3 is 0 Å². The van der Waals surface area contributed by atoms with Crippen molar-refractivity contribution in [1.29, 1.82) is 0 Å². The van der Waals surface area contributed by atoms with Gasteiger partial charge in [0.25, 0.3) is 0 Å². The molecule has 1 aromatic rings. The third-order valence-electron chi connectivity index (χ3n) is 3.51. The fourth-order valence-electron chi connectivity index (χ4n) is 1.89. The summed E-state index contributed by atoms with van der Waals surface area (Å²) in [5.41, 5.74) is 3.56. The Balaban J connectivity index is 2.41. The Hall–Kier alpha value is -1.40. The number of hydrogen-bond donors (Lipinski definition) is 3. The Morgan fingerprint density at radius 2 is 1.80 bits per heavy atom. The third kappa shape index (κ3) is 4.94. The van der Waals surface area contributed by atoms with Crippen LogP contribution in [0.3, 0.4) is 0 Å². The summed E-state index contributed by atoms with van der Waals surface area (Å²) in [6.07, 6.45) is 2.29. The molecule has 0 aliphatic rings. The molecule has 0 aromatic carbocycles. The van der Waals surface area contributed by atoms with E-state index in [0.29, 0.717) is 17.7 Å². The van der Waals surface area contributed by atoms with E-state index in [1.54, 1.807) is 0 Å². The van der Waals surface area contributed by atoms with Crippen molar-refractivity contribution in [2.75, 3.05) is 30.9 Å². The van der Waals surface area contributed by atoms with Gasteiger partial charge in [-0.15, -0.1) is 0 Å². The fourth-order valence-corrected chi connectivity index (χ4v) is 1.89. The fraction of sp³-hybridized carbons (Fsp3) is 0.714. The van der Waals surface area contributed by atoms with Gasteiger partial charge in [0.05, 0.1) is 0 Å². The average Bonchev–Trinajstić information content (AvgIpc) is 2.41. The molecule has 6 heteroatoms. The highest BCUT2D eigenvalue weighted by molar-refractivity contribution is 5.56. The zero-order chi connectivity index (χ0) is 15.1. The summed E-state index contributed by atoms with van der Waals surface area (Å²) in [5, 5.41) is 3.37. The molecule has 1 rings (SSSR count). The third-order valence-corrected chi connectivity index (χ3v) is 3.51. The van der Waals surface area contributed by atoms with Gasteiger partial charge < -0.3 is 15.6 Å². The van der Waals surface area contributed by atoms with Crippen LogP contribution in [0.2, 0.25) is 0 Å². The lowest BCUT2D eigenvalue weighted by atomic mass is 10.2. The quantitative estimate of drug-likeness (QED) is 0.383. The Labute approximate surface area is 122 Å². The first-order valence-electron chi connectivity index (χ1n) is 7.21. The van der Waals surface area contributed by atoms with Gasteiger partial charge in [0.1, 0.15) is 17.5 Å². The first kappa shape index (κ1) is 16.7. The predicted molar refractivity (Wildman–Crippen MR) is 84.8 cm³/mol. The van der Waals surface area contributed by atoms with Gasteiger partial charge in [-0.25, -0.2) is 15.8 Å². The molecule has 20 heavy (non-hydrogen) atoms. The van der Waals surface area contributed by atoms with Crippen molar-refractivity contribution in [3.05, 3.63) is 11.4 Å². The maximum absolute atomic E-state index is 5.45. The topological polar surface area (TPSA) is 79.1 Å². The summed E-state index contributed by atoms with van der Waals surface area (Å²) in [7, 11) is 2.16. The molecule has 0 unspecified atom stereocenters. The number of unbranched alkanes of at least 4 members (excludes halogenated alkanes) is 1. The lowest BCUT2D eigenvalue weighted by Crippen LogP contribution is -2.27. The number of nitrogens with one attached hydrogen (secondary N) is 2. The summed E-state index contributed by atoms with van der Waals surface area (Å²) in [5.74, 6) is 7.71. The van der Waals surface area contributed by atoms with Gasteiger partial charge in [0.15, 0.2) is 0 Å². The van der Waals surface area contributed by atoms with Gasteiger partial charge in [0.2, 0.25) is 0 Å². The van der Waals surface area contributed by atoms with Crippen LogP contribution in [-0.2, 0) is 0 Å². The highest BCUT2D eigenvalue weighted by Gasteiger charge is 2.07. The van der Waals surface area contributed by atoms with Crippen LogP contribution < -0.4 is 16.6 Å². The van der Waals surface area contributed by atoms with Gasteiger partial charge in [-0.2, -0.15) is 0 Å². The van der Waals surface area contributed by atoms with E-state index < -0.39 is 0 Å². The first-order valence-corrected chi connectivity index (χ1v) is 7.21. The molecule has 114 valence electrons. The molecule has 1 aromatic heterocycles. The number of aromatic nitrogens is 2. The molecule has 1 heterocycles. The molecule has 0 aliphatic carbocycles. The van der Waals surface area contributed by atoms with Gasteiger partial charge in [-0.1, -0.05) is 0 Å². The Kier molecular flexibility index (Phi) is 6.67. The van der Waals surface area contributed by atoms with Crippen LogP contribution in [0, 0.1) is 13.8 Å². The molecule has 6 nitrogen and oxygen atoms in total. The van der Waals surface area contributed by atoms with Crippen molar-refractivity contribution in [3.63, 3.8) is 0 Å². The molecule has 0 aliphatic heterocycles. The smallest absolute Gasteiger partial charge is 0.148 e. The van der Waals surface area contributed by atoms with Gasteiger partial charge in [0, 0.05) is 18.2 Å². The second kappa shape index (κ2) is 8.01. The summed E-state index contributed by atoms with van der Waals surface area (Å²) in [6.45, 7) is 10.3. The van der Waals surface area contributed by atoms with E-state index in [1.807, 2.05) is 13.8 Å². The van der Waals surface area contributed by atoms with Crippen LogP contribution in [0.15, 0.2) is 0 Å². The molecule has 0 atom stereocenters. The van der Waals surface area contributed by atoms with Gasteiger partial charge in [-0.05, 0) is 54.1 Å². The van der Waals surface area contributed by atoms with E-state index in [2.05, 4.69) is 46.5 Å². The number of hydrogen-bond acceptors (Lipinski definition) is 6. The first-order chi connectivity index (χ1) is 9.45. The van der Waals surface area contributed by atoms with E-state index in [0.717, 1.165) is 30.9 Å². The van der Waals surface area contributed by atoms with Crippen molar-refractivity contribution in [1.82, 2.24) is 14.9 Å². The molecule has 0 radical (unpaired) electrons. The average molecular weight is 280 g/mol. The maximum atomic E-state index is 5.45. The monoisotopic (exact) mass is 280 g/mol. The lowest BCUT2D eigenvalue weighted by Gasteiger charge is -2.20. The lowest BCUT2D eigenvalue weighted by molar-refractivity contribution is 0.269. The van der Waals surface area contributed by atoms with E-state index in [4.69, 9.17) is 5.84 Å². The Morgan fingerprint density at radius 3 is 2.40 bits per heavy atom. The Morgan fingerprint density at radius 1 is 1.15 bits per heavy atom. The van der Waals surface area contributed by atoms with E-state index in [1.165, 1.54) is 6.42 Å². The van der Waals surface area contributed by atoms with Crippen molar-refractivity contribution in [2.24, 2.45) is 5.84 Å². The van der Waals surface area contributed by atoms with Crippen molar-refractivity contribution in [2.45, 2.75) is 46.6 Å². The number of anilines is 2. The van der Waals surface area contributed by atoms with E-state index in [-0.39, 0.29) is 0 Å². The molecule has 0 spiro atoms. The summed E-state index contributed by atoms with van der Waals surface area (Å²) in [6, 6.07) is 0.605. The normalized spacial score (nSPS) is 11.2. The minimum absolute atomic E-state index is 0.605. The summed E-state index contributed by atoms with van der Waals surface area (Å²) >= 11 is 0. The summed E-state index contributed by atoms with van der Waals surface area (Å²) < 4.78 is 0. The zero-order valence-electron chi connectivity index (χ0n) is 13.3. The molecular formula is C14H28N6. The molecular weight excluding hydrogens is 252 g/mol. The van der Waals surface area contributed by atoms with Crippen LogP contribution >= 0.6 is 0 Å². The van der Waals surface area contributed by atoms with Gasteiger partial charge in [-0.3, -0.25) is 0 Å². The maximum Gasteiger partial charge on any atom is 0.148 e. The van der Waals surface area contributed by atoms with E-state index in [9.17, 15) is 0 Å². The number of hydrazine groups is 1. The number of nitrogen functional groups attached to an aromatic ring is 1. The van der Waals surface area contributed by atoms with Crippen molar-refractivity contribution in [3.8, 4) is 0 Å². The number of rotatable bonds is 8. The highest BCUT2D eigenvalue weighted by Crippen LogP contribution is 2.18. The predicted octanol–water partition coefficient (Wildman–Crippen LogP) is 1.91.